The summed E-state index contributed by atoms with van der Waals surface area (Å²) in [5.74, 6) is 1.27. The number of aromatic amines is 1. The lowest BCUT2D eigenvalue weighted by atomic mass is 9.92. The van der Waals surface area contributed by atoms with Crippen molar-refractivity contribution < 1.29 is 0 Å². The van der Waals surface area contributed by atoms with Gasteiger partial charge in [0.25, 0.3) is 0 Å². The molecule has 0 bridgehead atoms. The average molecular weight is 281 g/mol. The molecule has 0 aliphatic heterocycles. The largest absolute Gasteiger partial charge is 0.349 e. The first kappa shape index (κ1) is 13.2. The van der Waals surface area contributed by atoms with Crippen LogP contribution in [0.2, 0.25) is 10.0 Å². The van der Waals surface area contributed by atoms with Crippen LogP contribution < -0.4 is 0 Å². The SMILES string of the molecule is C=CCC(Cc1ncc[nH]1)c1ccc(Cl)c(Cl)c1. The molecule has 2 aromatic rings. The second kappa shape index (κ2) is 6.07. The van der Waals surface area contributed by atoms with E-state index in [2.05, 4.69) is 16.5 Å². The van der Waals surface area contributed by atoms with Gasteiger partial charge in [0.1, 0.15) is 5.82 Å². The number of nitrogens with zero attached hydrogens (tertiary/aromatic N) is 1. The molecular formula is C14H14Cl2N2. The summed E-state index contributed by atoms with van der Waals surface area (Å²) < 4.78 is 0. The lowest BCUT2D eigenvalue weighted by Gasteiger charge is -2.15. The summed E-state index contributed by atoms with van der Waals surface area (Å²) >= 11 is 12.0. The fourth-order valence-corrected chi connectivity index (χ4v) is 2.25. The van der Waals surface area contributed by atoms with Gasteiger partial charge >= 0.3 is 0 Å². The standard InChI is InChI=1S/C14H14Cl2N2/c1-2-3-10(9-14-17-6-7-18-14)11-4-5-12(15)13(16)8-11/h2,4-8,10H,1,3,9H2,(H,17,18). The Labute approximate surface area is 117 Å². The number of benzene rings is 1. The third-order valence-corrected chi connectivity index (χ3v) is 3.60. The molecule has 94 valence electrons. The Kier molecular flexibility index (Phi) is 4.45. The summed E-state index contributed by atoms with van der Waals surface area (Å²) in [6.07, 6.45) is 7.20. The van der Waals surface area contributed by atoms with Crippen molar-refractivity contribution in [2.24, 2.45) is 0 Å². The van der Waals surface area contributed by atoms with Crippen molar-refractivity contribution >= 4 is 23.2 Å². The number of imidazole rings is 1. The number of aromatic nitrogens is 2. The van der Waals surface area contributed by atoms with E-state index in [1.807, 2.05) is 30.5 Å². The molecule has 18 heavy (non-hydrogen) atoms. The topological polar surface area (TPSA) is 28.7 Å². The lowest BCUT2D eigenvalue weighted by molar-refractivity contribution is 0.672. The first-order chi connectivity index (χ1) is 8.70. The summed E-state index contributed by atoms with van der Waals surface area (Å²) in [4.78, 5) is 7.37. The van der Waals surface area contributed by atoms with Gasteiger partial charge in [-0.1, -0.05) is 35.3 Å². The molecule has 4 heteroatoms. The zero-order valence-electron chi connectivity index (χ0n) is 9.87. The summed E-state index contributed by atoms with van der Waals surface area (Å²) in [5.41, 5.74) is 1.15. The maximum Gasteiger partial charge on any atom is 0.106 e. The van der Waals surface area contributed by atoms with Crippen LogP contribution in [-0.2, 0) is 6.42 Å². The van der Waals surface area contributed by atoms with E-state index in [1.54, 1.807) is 6.20 Å². The molecule has 0 saturated carbocycles. The summed E-state index contributed by atoms with van der Waals surface area (Å²) in [6, 6.07) is 5.75. The molecule has 1 aromatic heterocycles. The van der Waals surface area contributed by atoms with Gasteiger partial charge in [-0.2, -0.15) is 0 Å². The molecule has 1 unspecified atom stereocenters. The van der Waals surface area contributed by atoms with Crippen LogP contribution in [0.1, 0.15) is 23.7 Å². The number of nitrogens with one attached hydrogen (secondary N) is 1. The fourth-order valence-electron chi connectivity index (χ4n) is 1.95. The van der Waals surface area contributed by atoms with E-state index >= 15 is 0 Å². The number of halogens is 2. The molecule has 1 N–H and O–H groups in total. The Hall–Kier alpha value is -1.25. The van der Waals surface area contributed by atoms with E-state index in [0.717, 1.165) is 24.2 Å². The highest BCUT2D eigenvalue weighted by atomic mass is 35.5. The van der Waals surface area contributed by atoms with Crippen LogP contribution in [0, 0.1) is 0 Å². The Morgan fingerprint density at radius 1 is 1.33 bits per heavy atom. The summed E-state index contributed by atoms with van der Waals surface area (Å²) in [7, 11) is 0. The minimum absolute atomic E-state index is 0.309. The first-order valence-corrected chi connectivity index (χ1v) is 6.50. The van der Waals surface area contributed by atoms with Crippen molar-refractivity contribution in [3.8, 4) is 0 Å². The van der Waals surface area contributed by atoms with Crippen molar-refractivity contribution in [3.63, 3.8) is 0 Å². The Morgan fingerprint density at radius 3 is 2.78 bits per heavy atom. The van der Waals surface area contributed by atoms with Gasteiger partial charge in [-0.15, -0.1) is 6.58 Å². The van der Waals surface area contributed by atoms with Crippen LogP contribution in [0.15, 0.2) is 43.2 Å². The van der Waals surface area contributed by atoms with Crippen LogP contribution >= 0.6 is 23.2 Å². The molecule has 0 aliphatic rings. The number of allylic oxidation sites excluding steroid dienone is 1. The van der Waals surface area contributed by atoms with Crippen LogP contribution in [0.4, 0.5) is 0 Å². The van der Waals surface area contributed by atoms with Crippen molar-refractivity contribution in [3.05, 3.63) is 64.7 Å². The van der Waals surface area contributed by atoms with E-state index < -0.39 is 0 Å². The van der Waals surface area contributed by atoms with E-state index in [1.165, 1.54) is 0 Å². The van der Waals surface area contributed by atoms with E-state index in [0.29, 0.717) is 16.0 Å². The predicted molar refractivity (Wildman–Crippen MR) is 76.3 cm³/mol. The van der Waals surface area contributed by atoms with E-state index in [4.69, 9.17) is 23.2 Å². The van der Waals surface area contributed by atoms with Crippen LogP contribution in [0.5, 0.6) is 0 Å². The number of hydrogen-bond acceptors (Lipinski definition) is 1. The fraction of sp³-hybridized carbons (Fsp3) is 0.214. The Morgan fingerprint density at radius 2 is 2.17 bits per heavy atom. The molecule has 0 spiro atoms. The number of H-pyrrole nitrogens is 1. The molecule has 0 fully saturated rings. The molecule has 0 radical (unpaired) electrons. The van der Waals surface area contributed by atoms with Crippen LogP contribution in [-0.4, -0.2) is 9.97 Å². The Balaban J connectivity index is 2.23. The van der Waals surface area contributed by atoms with Crippen molar-refractivity contribution in [1.82, 2.24) is 9.97 Å². The second-order valence-corrected chi connectivity index (χ2v) is 4.95. The van der Waals surface area contributed by atoms with Gasteiger partial charge in [-0.05, 0) is 30.0 Å². The minimum Gasteiger partial charge on any atom is -0.349 e. The van der Waals surface area contributed by atoms with Gasteiger partial charge < -0.3 is 4.98 Å². The predicted octanol–water partition coefficient (Wildman–Crippen LogP) is 4.62. The molecule has 1 atom stereocenters. The molecule has 1 aromatic carbocycles. The molecule has 0 aliphatic carbocycles. The minimum atomic E-state index is 0.309. The highest BCUT2D eigenvalue weighted by molar-refractivity contribution is 6.42. The van der Waals surface area contributed by atoms with Gasteiger partial charge in [-0.3, -0.25) is 0 Å². The van der Waals surface area contributed by atoms with Gasteiger partial charge in [0, 0.05) is 18.8 Å². The summed E-state index contributed by atoms with van der Waals surface area (Å²) in [5, 5.41) is 1.17. The van der Waals surface area contributed by atoms with Gasteiger partial charge in [0.2, 0.25) is 0 Å². The lowest BCUT2D eigenvalue weighted by Crippen LogP contribution is -2.03. The van der Waals surface area contributed by atoms with Gasteiger partial charge in [0.05, 0.1) is 10.0 Å². The molecule has 1 heterocycles. The number of rotatable bonds is 5. The smallest absolute Gasteiger partial charge is 0.106 e. The molecule has 2 nitrogen and oxygen atoms in total. The van der Waals surface area contributed by atoms with Crippen LogP contribution in [0.3, 0.4) is 0 Å². The molecule has 0 amide bonds. The monoisotopic (exact) mass is 280 g/mol. The Bertz CT molecular complexity index is 521. The second-order valence-electron chi connectivity index (χ2n) is 4.13. The normalized spacial score (nSPS) is 12.3. The average Bonchev–Trinajstić information content (AvgIpc) is 2.85. The maximum absolute atomic E-state index is 6.06. The van der Waals surface area contributed by atoms with Crippen LogP contribution in [0.25, 0.3) is 0 Å². The van der Waals surface area contributed by atoms with E-state index in [9.17, 15) is 0 Å². The zero-order valence-corrected chi connectivity index (χ0v) is 11.4. The van der Waals surface area contributed by atoms with Crippen molar-refractivity contribution in [2.45, 2.75) is 18.8 Å². The van der Waals surface area contributed by atoms with Gasteiger partial charge in [-0.25, -0.2) is 4.98 Å². The maximum atomic E-state index is 6.06. The quantitative estimate of drug-likeness (QED) is 0.796. The molecule has 0 saturated heterocycles. The van der Waals surface area contributed by atoms with Crippen molar-refractivity contribution in [2.75, 3.05) is 0 Å². The number of hydrogen-bond donors (Lipinski definition) is 1. The molecule has 2 rings (SSSR count). The highest BCUT2D eigenvalue weighted by Crippen LogP contribution is 2.29. The highest BCUT2D eigenvalue weighted by Gasteiger charge is 2.13. The van der Waals surface area contributed by atoms with E-state index in [-0.39, 0.29) is 0 Å². The third-order valence-electron chi connectivity index (χ3n) is 2.86. The zero-order chi connectivity index (χ0) is 13.0. The van der Waals surface area contributed by atoms with Gasteiger partial charge in [0.15, 0.2) is 0 Å². The first-order valence-electron chi connectivity index (χ1n) is 5.75. The third kappa shape index (κ3) is 3.15. The van der Waals surface area contributed by atoms with Crippen molar-refractivity contribution in [1.29, 1.82) is 0 Å². The molecular weight excluding hydrogens is 267 g/mol. The summed E-state index contributed by atoms with van der Waals surface area (Å²) in [6.45, 7) is 3.81.